The predicted molar refractivity (Wildman–Crippen MR) is 130 cm³/mol. The second-order valence-corrected chi connectivity index (χ2v) is 8.08. The number of rotatable bonds is 9. The quantitative estimate of drug-likeness (QED) is 0.333. The average molecular weight is 479 g/mol. The lowest BCUT2D eigenvalue weighted by Gasteiger charge is -2.12. The van der Waals surface area contributed by atoms with Crippen molar-refractivity contribution in [1.29, 1.82) is 0 Å². The number of methoxy groups -OCH3 is 1. The fraction of sp³-hybridized carbons (Fsp3) is 0.160. The molecule has 34 heavy (non-hydrogen) atoms. The molecule has 4 aromatic rings. The summed E-state index contributed by atoms with van der Waals surface area (Å²) in [5, 5.41) is 12.1. The molecule has 0 saturated heterocycles. The van der Waals surface area contributed by atoms with E-state index in [-0.39, 0.29) is 17.5 Å². The number of hydrogen-bond donors (Lipinski definition) is 1. The number of halogens is 1. The SMILES string of the molecule is CCOc1ccc(-n2c(SCC(=O)Nc3ccc(F)cc3)nnc2-c2ccc(OC)cc2)cc1. The summed E-state index contributed by atoms with van der Waals surface area (Å²) >= 11 is 1.26. The summed E-state index contributed by atoms with van der Waals surface area (Å²) in [5.41, 5.74) is 2.21. The van der Waals surface area contributed by atoms with Crippen molar-refractivity contribution in [2.24, 2.45) is 0 Å². The Morgan fingerprint density at radius 3 is 2.29 bits per heavy atom. The molecule has 3 aromatic carbocycles. The number of aromatic nitrogens is 3. The lowest BCUT2D eigenvalue weighted by atomic mass is 10.2. The summed E-state index contributed by atoms with van der Waals surface area (Å²) in [6.45, 7) is 2.51. The first-order chi connectivity index (χ1) is 16.6. The Morgan fingerprint density at radius 2 is 1.65 bits per heavy atom. The maximum absolute atomic E-state index is 13.1. The minimum atomic E-state index is -0.359. The number of thioether (sulfide) groups is 1. The highest BCUT2D eigenvalue weighted by Gasteiger charge is 2.18. The topological polar surface area (TPSA) is 78.3 Å². The highest BCUT2D eigenvalue weighted by atomic mass is 32.2. The zero-order valence-electron chi connectivity index (χ0n) is 18.7. The van der Waals surface area contributed by atoms with Crippen LogP contribution in [0.1, 0.15) is 6.92 Å². The zero-order chi connectivity index (χ0) is 23.9. The Morgan fingerprint density at radius 1 is 0.971 bits per heavy atom. The molecule has 1 amide bonds. The number of carbonyl (C=O) groups excluding carboxylic acids is 1. The molecule has 1 aromatic heterocycles. The summed E-state index contributed by atoms with van der Waals surface area (Å²) < 4.78 is 25.8. The van der Waals surface area contributed by atoms with Crippen molar-refractivity contribution in [2.75, 3.05) is 24.8 Å². The molecule has 0 atom stereocenters. The number of anilines is 1. The van der Waals surface area contributed by atoms with Crippen molar-refractivity contribution in [3.8, 4) is 28.6 Å². The molecular formula is C25H23FN4O3S. The summed E-state index contributed by atoms with van der Waals surface area (Å²) in [6.07, 6.45) is 0. The van der Waals surface area contributed by atoms with Gasteiger partial charge < -0.3 is 14.8 Å². The van der Waals surface area contributed by atoms with Gasteiger partial charge in [-0.25, -0.2) is 4.39 Å². The molecule has 4 rings (SSSR count). The lowest BCUT2D eigenvalue weighted by Crippen LogP contribution is -2.14. The third kappa shape index (κ3) is 5.55. The van der Waals surface area contributed by atoms with Crippen molar-refractivity contribution in [1.82, 2.24) is 14.8 Å². The van der Waals surface area contributed by atoms with E-state index >= 15 is 0 Å². The Hall–Kier alpha value is -3.85. The average Bonchev–Trinajstić information content (AvgIpc) is 3.29. The van der Waals surface area contributed by atoms with Crippen LogP contribution >= 0.6 is 11.8 Å². The molecule has 9 heteroatoms. The van der Waals surface area contributed by atoms with E-state index in [1.165, 1.54) is 36.0 Å². The fourth-order valence-electron chi connectivity index (χ4n) is 3.24. The number of amides is 1. The molecule has 0 aliphatic carbocycles. The second-order valence-electron chi connectivity index (χ2n) is 7.14. The van der Waals surface area contributed by atoms with Gasteiger partial charge in [0.2, 0.25) is 5.91 Å². The highest BCUT2D eigenvalue weighted by Crippen LogP contribution is 2.30. The molecule has 0 aliphatic rings. The monoisotopic (exact) mass is 478 g/mol. The standard InChI is InChI=1S/C25H23FN4O3S/c1-3-33-22-14-10-20(11-15-22)30-24(17-4-12-21(32-2)13-5-17)28-29-25(30)34-16-23(31)27-19-8-6-18(26)7-9-19/h4-15H,3,16H2,1-2H3,(H,27,31). The first-order valence-electron chi connectivity index (χ1n) is 10.6. The van der Waals surface area contributed by atoms with Crippen LogP contribution in [0.2, 0.25) is 0 Å². The molecule has 0 fully saturated rings. The minimum absolute atomic E-state index is 0.106. The van der Waals surface area contributed by atoms with Crippen molar-refractivity contribution < 1.29 is 18.7 Å². The van der Waals surface area contributed by atoms with E-state index in [1.54, 1.807) is 7.11 Å². The van der Waals surface area contributed by atoms with Gasteiger partial charge >= 0.3 is 0 Å². The van der Waals surface area contributed by atoms with Gasteiger partial charge in [-0.2, -0.15) is 0 Å². The number of nitrogens with zero attached hydrogens (tertiary/aromatic N) is 3. The molecule has 0 unspecified atom stereocenters. The Labute approximate surface area is 200 Å². The van der Waals surface area contributed by atoms with Gasteiger partial charge in [0, 0.05) is 16.9 Å². The molecule has 1 heterocycles. The smallest absolute Gasteiger partial charge is 0.234 e. The molecule has 7 nitrogen and oxygen atoms in total. The second kappa shape index (κ2) is 10.8. The summed E-state index contributed by atoms with van der Waals surface area (Å²) in [7, 11) is 1.61. The number of ether oxygens (including phenoxy) is 2. The molecule has 0 aliphatic heterocycles. The van der Waals surface area contributed by atoms with Gasteiger partial charge in [-0.15, -0.1) is 10.2 Å². The van der Waals surface area contributed by atoms with Gasteiger partial charge in [0.25, 0.3) is 0 Å². The zero-order valence-corrected chi connectivity index (χ0v) is 19.5. The van der Waals surface area contributed by atoms with E-state index in [0.29, 0.717) is 23.3 Å². The minimum Gasteiger partial charge on any atom is -0.497 e. The Bertz CT molecular complexity index is 1240. The number of benzene rings is 3. The van der Waals surface area contributed by atoms with Gasteiger partial charge in [0.15, 0.2) is 11.0 Å². The van der Waals surface area contributed by atoms with Gasteiger partial charge in [0.1, 0.15) is 17.3 Å². The Kier molecular flexibility index (Phi) is 7.44. The van der Waals surface area contributed by atoms with E-state index in [0.717, 1.165) is 22.7 Å². The van der Waals surface area contributed by atoms with E-state index in [4.69, 9.17) is 9.47 Å². The first-order valence-corrected chi connectivity index (χ1v) is 11.6. The van der Waals surface area contributed by atoms with Crippen LogP contribution in [0.5, 0.6) is 11.5 Å². The highest BCUT2D eigenvalue weighted by molar-refractivity contribution is 7.99. The summed E-state index contributed by atoms with van der Waals surface area (Å²) in [6, 6.07) is 20.8. The van der Waals surface area contributed by atoms with Gasteiger partial charge in [-0.1, -0.05) is 11.8 Å². The fourth-order valence-corrected chi connectivity index (χ4v) is 3.99. The molecule has 1 N–H and O–H groups in total. The van der Waals surface area contributed by atoms with Crippen molar-refractivity contribution in [2.45, 2.75) is 12.1 Å². The van der Waals surface area contributed by atoms with Gasteiger partial charge in [0.05, 0.1) is 19.5 Å². The maximum Gasteiger partial charge on any atom is 0.234 e. The summed E-state index contributed by atoms with van der Waals surface area (Å²) in [5.74, 6) is 1.65. The number of hydrogen-bond acceptors (Lipinski definition) is 6. The van der Waals surface area contributed by atoms with E-state index < -0.39 is 0 Å². The van der Waals surface area contributed by atoms with E-state index in [9.17, 15) is 9.18 Å². The molecule has 0 bridgehead atoms. The van der Waals surface area contributed by atoms with Gasteiger partial charge in [-0.05, 0) is 79.7 Å². The molecule has 0 saturated carbocycles. The van der Waals surface area contributed by atoms with Crippen LogP contribution in [0.3, 0.4) is 0 Å². The van der Waals surface area contributed by atoms with Crippen LogP contribution in [0.15, 0.2) is 78.0 Å². The van der Waals surface area contributed by atoms with Crippen LogP contribution in [0, 0.1) is 5.82 Å². The predicted octanol–water partition coefficient (Wildman–Crippen LogP) is 5.21. The van der Waals surface area contributed by atoms with Crippen LogP contribution in [-0.2, 0) is 4.79 Å². The summed E-state index contributed by atoms with van der Waals surface area (Å²) in [4.78, 5) is 12.5. The third-order valence-corrected chi connectivity index (χ3v) is 5.78. The third-order valence-electron chi connectivity index (χ3n) is 4.85. The van der Waals surface area contributed by atoms with Gasteiger partial charge in [-0.3, -0.25) is 9.36 Å². The van der Waals surface area contributed by atoms with E-state index in [2.05, 4.69) is 15.5 Å². The molecular weight excluding hydrogens is 455 g/mol. The Balaban J connectivity index is 1.60. The normalized spacial score (nSPS) is 10.7. The largest absolute Gasteiger partial charge is 0.497 e. The van der Waals surface area contributed by atoms with Crippen molar-refractivity contribution in [3.05, 3.63) is 78.6 Å². The lowest BCUT2D eigenvalue weighted by molar-refractivity contribution is -0.113. The first kappa shape index (κ1) is 23.3. The van der Waals surface area contributed by atoms with Crippen molar-refractivity contribution >= 4 is 23.4 Å². The van der Waals surface area contributed by atoms with Crippen LogP contribution in [0.4, 0.5) is 10.1 Å². The maximum atomic E-state index is 13.1. The van der Waals surface area contributed by atoms with Crippen molar-refractivity contribution in [3.63, 3.8) is 0 Å². The number of nitrogens with one attached hydrogen (secondary N) is 1. The van der Waals surface area contributed by atoms with Crippen LogP contribution in [0.25, 0.3) is 17.1 Å². The molecule has 0 spiro atoms. The molecule has 174 valence electrons. The van der Waals surface area contributed by atoms with Crippen LogP contribution in [-0.4, -0.2) is 40.1 Å². The van der Waals surface area contributed by atoms with Crippen LogP contribution < -0.4 is 14.8 Å². The van der Waals surface area contributed by atoms with E-state index in [1.807, 2.05) is 60.0 Å². The number of carbonyl (C=O) groups is 1. The molecule has 0 radical (unpaired) electrons.